The Bertz CT molecular complexity index is 669. The van der Waals surface area contributed by atoms with Crippen LogP contribution in [-0.2, 0) is 6.54 Å². The van der Waals surface area contributed by atoms with Crippen molar-refractivity contribution in [3.05, 3.63) is 72.6 Å². The van der Waals surface area contributed by atoms with E-state index in [2.05, 4.69) is 15.3 Å². The van der Waals surface area contributed by atoms with E-state index in [1.807, 2.05) is 41.2 Å². The molecular weight excluding hydrogens is 252 g/mol. The molecule has 0 radical (unpaired) electrons. The molecule has 0 aliphatic rings. The van der Waals surface area contributed by atoms with Gasteiger partial charge in [0.15, 0.2) is 0 Å². The molecule has 2 aromatic heterocycles. The number of aromatic nitrogens is 3. The van der Waals surface area contributed by atoms with Crippen LogP contribution in [0.1, 0.15) is 16.1 Å². The van der Waals surface area contributed by atoms with Gasteiger partial charge in [-0.15, -0.1) is 0 Å². The van der Waals surface area contributed by atoms with Gasteiger partial charge in [-0.2, -0.15) is 0 Å². The molecule has 0 saturated carbocycles. The van der Waals surface area contributed by atoms with Gasteiger partial charge in [-0.25, -0.2) is 4.98 Å². The van der Waals surface area contributed by atoms with E-state index in [0.29, 0.717) is 12.1 Å². The summed E-state index contributed by atoms with van der Waals surface area (Å²) < 4.78 is 1.89. The first-order chi connectivity index (χ1) is 9.83. The predicted octanol–water partition coefficient (Wildman–Crippen LogP) is 2.13. The van der Waals surface area contributed by atoms with Gasteiger partial charge in [0, 0.05) is 35.5 Å². The lowest BCUT2D eigenvalue weighted by Gasteiger charge is -2.06. The standard InChI is InChI=1S/C15H14N4O/c20-15(18-10-13-2-1-7-17-13)12-3-5-14(6-4-12)19-9-8-16-11-19/h1-9,11,17H,10H2,(H,18,20). The lowest BCUT2D eigenvalue weighted by atomic mass is 10.2. The van der Waals surface area contributed by atoms with Crippen molar-refractivity contribution in [2.45, 2.75) is 6.54 Å². The van der Waals surface area contributed by atoms with E-state index in [4.69, 9.17) is 0 Å². The molecule has 5 heteroatoms. The lowest BCUT2D eigenvalue weighted by Crippen LogP contribution is -2.22. The fourth-order valence-electron chi connectivity index (χ4n) is 1.95. The minimum atomic E-state index is -0.0863. The Morgan fingerprint density at radius 2 is 2.10 bits per heavy atom. The van der Waals surface area contributed by atoms with Crippen LogP contribution in [0, 0.1) is 0 Å². The highest BCUT2D eigenvalue weighted by Gasteiger charge is 2.05. The molecule has 0 atom stereocenters. The molecule has 3 rings (SSSR count). The van der Waals surface area contributed by atoms with Crippen LogP contribution in [0.25, 0.3) is 5.69 Å². The highest BCUT2D eigenvalue weighted by atomic mass is 16.1. The lowest BCUT2D eigenvalue weighted by molar-refractivity contribution is 0.0950. The number of carbonyl (C=O) groups is 1. The average molecular weight is 266 g/mol. The molecule has 2 heterocycles. The second-order valence-electron chi connectivity index (χ2n) is 4.39. The predicted molar refractivity (Wildman–Crippen MR) is 75.5 cm³/mol. The normalized spacial score (nSPS) is 10.4. The molecule has 0 saturated heterocycles. The monoisotopic (exact) mass is 266 g/mol. The number of nitrogens with one attached hydrogen (secondary N) is 2. The summed E-state index contributed by atoms with van der Waals surface area (Å²) in [6.07, 6.45) is 7.14. The number of carbonyl (C=O) groups excluding carboxylic acids is 1. The van der Waals surface area contributed by atoms with Gasteiger partial charge in [-0.1, -0.05) is 0 Å². The van der Waals surface area contributed by atoms with Crippen LogP contribution in [0.3, 0.4) is 0 Å². The number of imidazole rings is 1. The van der Waals surface area contributed by atoms with Gasteiger partial charge >= 0.3 is 0 Å². The van der Waals surface area contributed by atoms with E-state index in [-0.39, 0.29) is 5.91 Å². The van der Waals surface area contributed by atoms with Crippen molar-refractivity contribution in [1.82, 2.24) is 19.9 Å². The quantitative estimate of drug-likeness (QED) is 0.760. The van der Waals surface area contributed by atoms with Crippen LogP contribution in [-0.4, -0.2) is 20.4 Å². The summed E-state index contributed by atoms with van der Waals surface area (Å²) in [6, 6.07) is 11.2. The second kappa shape index (κ2) is 5.44. The van der Waals surface area contributed by atoms with E-state index in [0.717, 1.165) is 11.4 Å². The van der Waals surface area contributed by atoms with Crippen LogP contribution in [0.5, 0.6) is 0 Å². The minimum Gasteiger partial charge on any atom is -0.364 e. The first kappa shape index (κ1) is 12.2. The summed E-state index contributed by atoms with van der Waals surface area (Å²) in [5, 5.41) is 2.87. The summed E-state index contributed by atoms with van der Waals surface area (Å²) in [4.78, 5) is 19.0. The fourth-order valence-corrected chi connectivity index (χ4v) is 1.95. The highest BCUT2D eigenvalue weighted by molar-refractivity contribution is 5.94. The Kier molecular flexibility index (Phi) is 3.33. The molecule has 0 bridgehead atoms. The minimum absolute atomic E-state index is 0.0863. The number of rotatable bonds is 4. The van der Waals surface area contributed by atoms with Crippen LogP contribution >= 0.6 is 0 Å². The first-order valence-corrected chi connectivity index (χ1v) is 6.32. The van der Waals surface area contributed by atoms with Crippen LogP contribution in [0.15, 0.2) is 61.3 Å². The third-order valence-corrected chi connectivity index (χ3v) is 3.03. The summed E-state index contributed by atoms with van der Waals surface area (Å²) in [7, 11) is 0. The summed E-state index contributed by atoms with van der Waals surface area (Å²) >= 11 is 0. The highest BCUT2D eigenvalue weighted by Crippen LogP contribution is 2.09. The van der Waals surface area contributed by atoms with Gasteiger partial charge in [-0.05, 0) is 36.4 Å². The molecular formula is C15H14N4O. The summed E-state index contributed by atoms with van der Waals surface area (Å²) in [5.74, 6) is -0.0863. The van der Waals surface area contributed by atoms with Gasteiger partial charge in [0.2, 0.25) is 0 Å². The number of amides is 1. The van der Waals surface area contributed by atoms with Crippen molar-refractivity contribution in [3.8, 4) is 5.69 Å². The molecule has 3 aromatic rings. The van der Waals surface area contributed by atoms with Crippen molar-refractivity contribution < 1.29 is 4.79 Å². The largest absolute Gasteiger partial charge is 0.364 e. The van der Waals surface area contributed by atoms with Crippen LogP contribution < -0.4 is 5.32 Å². The third-order valence-electron chi connectivity index (χ3n) is 3.03. The number of H-pyrrole nitrogens is 1. The van der Waals surface area contributed by atoms with E-state index in [9.17, 15) is 4.79 Å². The zero-order valence-corrected chi connectivity index (χ0v) is 10.8. The van der Waals surface area contributed by atoms with Gasteiger partial charge in [-0.3, -0.25) is 4.79 Å². The Labute approximate surface area is 116 Å². The molecule has 0 unspecified atom stereocenters. The topological polar surface area (TPSA) is 62.7 Å². The Balaban J connectivity index is 1.66. The zero-order chi connectivity index (χ0) is 13.8. The summed E-state index contributed by atoms with van der Waals surface area (Å²) in [5.41, 5.74) is 2.59. The van der Waals surface area contributed by atoms with Crippen molar-refractivity contribution in [2.24, 2.45) is 0 Å². The molecule has 0 aliphatic carbocycles. The van der Waals surface area contributed by atoms with Crippen molar-refractivity contribution in [1.29, 1.82) is 0 Å². The molecule has 2 N–H and O–H groups in total. The SMILES string of the molecule is O=C(NCc1ccc[nH]1)c1ccc(-n2ccnc2)cc1. The third kappa shape index (κ3) is 2.61. The zero-order valence-electron chi connectivity index (χ0n) is 10.8. The molecule has 100 valence electrons. The van der Waals surface area contributed by atoms with Gasteiger partial charge in [0.05, 0.1) is 12.9 Å². The van der Waals surface area contributed by atoms with Crippen molar-refractivity contribution in [2.75, 3.05) is 0 Å². The Morgan fingerprint density at radius 1 is 1.25 bits per heavy atom. The first-order valence-electron chi connectivity index (χ1n) is 6.32. The van der Waals surface area contributed by atoms with Gasteiger partial charge in [0.1, 0.15) is 0 Å². The van der Waals surface area contributed by atoms with Crippen LogP contribution in [0.2, 0.25) is 0 Å². The smallest absolute Gasteiger partial charge is 0.251 e. The number of nitrogens with zero attached hydrogens (tertiary/aromatic N) is 2. The van der Waals surface area contributed by atoms with E-state index < -0.39 is 0 Å². The van der Waals surface area contributed by atoms with E-state index in [1.165, 1.54) is 0 Å². The van der Waals surface area contributed by atoms with Crippen LogP contribution in [0.4, 0.5) is 0 Å². The Morgan fingerprint density at radius 3 is 2.75 bits per heavy atom. The molecule has 0 aliphatic heterocycles. The molecule has 1 aromatic carbocycles. The molecule has 0 fully saturated rings. The maximum atomic E-state index is 12.0. The van der Waals surface area contributed by atoms with E-state index in [1.54, 1.807) is 24.7 Å². The van der Waals surface area contributed by atoms with Gasteiger partial charge in [0.25, 0.3) is 5.91 Å². The molecule has 0 spiro atoms. The average Bonchev–Trinajstić information content (AvgIpc) is 3.18. The van der Waals surface area contributed by atoms with Gasteiger partial charge < -0.3 is 14.9 Å². The molecule has 1 amide bonds. The maximum Gasteiger partial charge on any atom is 0.251 e. The maximum absolute atomic E-state index is 12.0. The number of hydrogen-bond donors (Lipinski definition) is 2. The van der Waals surface area contributed by atoms with Crippen molar-refractivity contribution in [3.63, 3.8) is 0 Å². The number of benzene rings is 1. The second-order valence-corrected chi connectivity index (χ2v) is 4.39. The van der Waals surface area contributed by atoms with Crippen molar-refractivity contribution >= 4 is 5.91 Å². The fraction of sp³-hybridized carbons (Fsp3) is 0.0667. The summed E-state index contributed by atoms with van der Waals surface area (Å²) in [6.45, 7) is 0.495. The molecule has 5 nitrogen and oxygen atoms in total. The Hall–Kier alpha value is -2.82. The van der Waals surface area contributed by atoms with E-state index >= 15 is 0 Å². The number of aromatic amines is 1. The molecule has 20 heavy (non-hydrogen) atoms. The number of hydrogen-bond acceptors (Lipinski definition) is 2.